The zero-order valence-corrected chi connectivity index (χ0v) is 15.3. The van der Waals surface area contributed by atoms with Crippen LogP contribution in [0.3, 0.4) is 0 Å². The van der Waals surface area contributed by atoms with Crippen LogP contribution in [0.2, 0.25) is 0 Å². The van der Waals surface area contributed by atoms with Gasteiger partial charge in [-0.05, 0) is 32.3 Å². The molecule has 0 saturated heterocycles. The molecule has 1 aliphatic rings. The highest BCUT2D eigenvalue weighted by Gasteiger charge is 2.35. The summed E-state index contributed by atoms with van der Waals surface area (Å²) in [7, 11) is 0. The minimum atomic E-state index is -0.429. The molecule has 0 spiro atoms. The van der Waals surface area contributed by atoms with Crippen LogP contribution in [0.4, 0.5) is 0 Å². The molecule has 3 rings (SSSR count). The number of amides is 1. The van der Waals surface area contributed by atoms with E-state index in [1.807, 2.05) is 50.3 Å². The van der Waals surface area contributed by atoms with E-state index >= 15 is 0 Å². The molecule has 1 heterocycles. The first kappa shape index (κ1) is 18.3. The molecule has 138 valence electrons. The number of hydrogen-bond donors (Lipinski definition) is 3. The van der Waals surface area contributed by atoms with Crippen LogP contribution in [0.1, 0.15) is 48.0 Å². The molecule has 1 fully saturated rings. The fourth-order valence-corrected chi connectivity index (χ4v) is 3.37. The number of H-pyrrole nitrogens is 1. The summed E-state index contributed by atoms with van der Waals surface area (Å²) in [6.07, 6.45) is 5.15. The molecule has 0 aliphatic heterocycles. The Hall–Kier alpha value is -2.47. The Morgan fingerprint density at radius 1 is 1.31 bits per heavy atom. The third kappa shape index (κ3) is 4.79. The van der Waals surface area contributed by atoms with Crippen molar-refractivity contribution in [3.05, 3.63) is 53.1 Å². The molecule has 1 aromatic heterocycles. The fourth-order valence-electron chi connectivity index (χ4n) is 3.37. The van der Waals surface area contributed by atoms with Gasteiger partial charge in [-0.2, -0.15) is 5.10 Å². The summed E-state index contributed by atoms with van der Waals surface area (Å²) < 4.78 is 0. The number of aromatic nitrogens is 3. The standard InChI is InChI=1S/C20H26N4O2/c1-13-6-8-15(9-7-13)4-3-5-19(26)21-12-17-10-16(11-18(17)25)20-22-14(2)23-24-20/h3-4,6-9,16-18,25H,5,10-12H2,1-2H3,(H,21,26)(H,22,23,24)/b4-3+/t16-,17+,18+/m0/s1. The molecule has 6 heteroatoms. The van der Waals surface area contributed by atoms with E-state index in [0.717, 1.165) is 23.6 Å². The third-order valence-electron chi connectivity index (χ3n) is 4.89. The van der Waals surface area contributed by atoms with E-state index in [9.17, 15) is 9.90 Å². The molecule has 0 bridgehead atoms. The molecular weight excluding hydrogens is 328 g/mol. The summed E-state index contributed by atoms with van der Waals surface area (Å²) >= 11 is 0. The minimum Gasteiger partial charge on any atom is -0.393 e. The van der Waals surface area contributed by atoms with Crippen molar-refractivity contribution in [1.82, 2.24) is 20.5 Å². The molecule has 3 N–H and O–H groups in total. The third-order valence-corrected chi connectivity index (χ3v) is 4.89. The van der Waals surface area contributed by atoms with Crippen molar-refractivity contribution < 1.29 is 9.90 Å². The second-order valence-electron chi connectivity index (χ2n) is 7.10. The monoisotopic (exact) mass is 354 g/mol. The SMILES string of the molecule is Cc1ccc(/C=C/CC(=O)NC[C@H]2C[C@H](c3n[nH]c(C)n3)C[C@H]2O)cc1. The van der Waals surface area contributed by atoms with Gasteiger partial charge in [0.25, 0.3) is 0 Å². The first-order chi connectivity index (χ1) is 12.5. The molecule has 6 nitrogen and oxygen atoms in total. The Morgan fingerprint density at radius 3 is 2.77 bits per heavy atom. The number of hydrogen-bond acceptors (Lipinski definition) is 4. The summed E-state index contributed by atoms with van der Waals surface area (Å²) in [6, 6.07) is 8.16. The van der Waals surface area contributed by atoms with Gasteiger partial charge in [0, 0.05) is 24.8 Å². The lowest BCUT2D eigenvalue weighted by Gasteiger charge is -2.14. The van der Waals surface area contributed by atoms with E-state index in [-0.39, 0.29) is 17.7 Å². The van der Waals surface area contributed by atoms with Crippen molar-refractivity contribution in [2.75, 3.05) is 6.54 Å². The van der Waals surface area contributed by atoms with Crippen LogP contribution in [-0.4, -0.2) is 38.8 Å². The summed E-state index contributed by atoms with van der Waals surface area (Å²) in [6.45, 7) is 4.40. The van der Waals surface area contributed by atoms with Crippen molar-refractivity contribution in [1.29, 1.82) is 0 Å². The number of aryl methyl sites for hydroxylation is 2. The Kier molecular flexibility index (Phi) is 5.83. The van der Waals surface area contributed by atoms with E-state index in [2.05, 4.69) is 20.5 Å². The number of aliphatic hydroxyl groups excluding tert-OH is 1. The number of carbonyl (C=O) groups is 1. The molecule has 1 amide bonds. The average Bonchev–Trinajstić information content (AvgIpc) is 3.20. The molecule has 0 unspecified atom stereocenters. The maximum absolute atomic E-state index is 12.0. The molecule has 1 aromatic carbocycles. The van der Waals surface area contributed by atoms with E-state index in [1.54, 1.807) is 0 Å². The van der Waals surface area contributed by atoms with Crippen molar-refractivity contribution in [3.63, 3.8) is 0 Å². The number of rotatable bonds is 6. The average molecular weight is 354 g/mol. The van der Waals surface area contributed by atoms with Crippen molar-refractivity contribution in [2.24, 2.45) is 5.92 Å². The Labute approximate surface area is 153 Å². The first-order valence-corrected chi connectivity index (χ1v) is 9.08. The first-order valence-electron chi connectivity index (χ1n) is 9.08. The van der Waals surface area contributed by atoms with Gasteiger partial charge in [0.05, 0.1) is 6.10 Å². The van der Waals surface area contributed by atoms with Gasteiger partial charge in [0.1, 0.15) is 5.82 Å². The van der Waals surface area contributed by atoms with E-state index in [1.165, 1.54) is 5.56 Å². The molecular formula is C20H26N4O2. The Bertz CT molecular complexity index is 766. The van der Waals surface area contributed by atoms with Gasteiger partial charge in [-0.3, -0.25) is 9.89 Å². The van der Waals surface area contributed by atoms with E-state index in [0.29, 0.717) is 19.4 Å². The van der Waals surface area contributed by atoms with Crippen molar-refractivity contribution in [2.45, 2.75) is 45.1 Å². The van der Waals surface area contributed by atoms with Gasteiger partial charge in [-0.1, -0.05) is 42.0 Å². The van der Waals surface area contributed by atoms with Crippen LogP contribution < -0.4 is 5.32 Å². The lowest BCUT2D eigenvalue weighted by Crippen LogP contribution is -2.32. The van der Waals surface area contributed by atoms with Gasteiger partial charge >= 0.3 is 0 Å². The minimum absolute atomic E-state index is 0.0299. The lowest BCUT2D eigenvalue weighted by atomic mass is 10.0. The number of aromatic amines is 1. The lowest BCUT2D eigenvalue weighted by molar-refractivity contribution is -0.120. The van der Waals surface area contributed by atoms with Crippen LogP contribution in [0.25, 0.3) is 6.08 Å². The quantitative estimate of drug-likeness (QED) is 0.743. The molecule has 3 atom stereocenters. The van der Waals surface area contributed by atoms with Crippen LogP contribution in [-0.2, 0) is 4.79 Å². The smallest absolute Gasteiger partial charge is 0.223 e. The van der Waals surface area contributed by atoms with E-state index in [4.69, 9.17) is 0 Å². The van der Waals surface area contributed by atoms with Gasteiger partial charge in [-0.25, -0.2) is 4.98 Å². The summed E-state index contributed by atoms with van der Waals surface area (Å²) in [5.41, 5.74) is 2.30. The van der Waals surface area contributed by atoms with Crippen LogP contribution in [0.5, 0.6) is 0 Å². The highest BCUT2D eigenvalue weighted by atomic mass is 16.3. The Balaban J connectivity index is 1.43. The molecule has 26 heavy (non-hydrogen) atoms. The summed E-state index contributed by atoms with van der Waals surface area (Å²) in [5.74, 6) is 1.71. The number of benzene rings is 1. The van der Waals surface area contributed by atoms with Gasteiger partial charge in [-0.15, -0.1) is 0 Å². The highest BCUT2D eigenvalue weighted by molar-refractivity contribution is 5.78. The highest BCUT2D eigenvalue weighted by Crippen LogP contribution is 2.36. The van der Waals surface area contributed by atoms with Crippen LogP contribution in [0, 0.1) is 19.8 Å². The number of aliphatic hydroxyl groups is 1. The van der Waals surface area contributed by atoms with Gasteiger partial charge < -0.3 is 10.4 Å². The second kappa shape index (κ2) is 8.27. The molecule has 2 aromatic rings. The number of nitrogens with one attached hydrogen (secondary N) is 2. The Morgan fingerprint density at radius 2 is 2.08 bits per heavy atom. The predicted molar refractivity (Wildman–Crippen MR) is 100 cm³/mol. The van der Waals surface area contributed by atoms with Crippen LogP contribution >= 0.6 is 0 Å². The number of nitrogens with zero attached hydrogens (tertiary/aromatic N) is 2. The normalized spacial score (nSPS) is 22.8. The molecule has 1 saturated carbocycles. The van der Waals surface area contributed by atoms with Crippen LogP contribution in [0.15, 0.2) is 30.3 Å². The van der Waals surface area contributed by atoms with Gasteiger partial charge in [0.2, 0.25) is 5.91 Å². The predicted octanol–water partition coefficient (Wildman–Crippen LogP) is 2.50. The zero-order valence-electron chi connectivity index (χ0n) is 15.3. The largest absolute Gasteiger partial charge is 0.393 e. The van der Waals surface area contributed by atoms with Crippen molar-refractivity contribution in [3.8, 4) is 0 Å². The van der Waals surface area contributed by atoms with Crippen molar-refractivity contribution >= 4 is 12.0 Å². The number of carbonyl (C=O) groups excluding carboxylic acids is 1. The second-order valence-corrected chi connectivity index (χ2v) is 7.10. The molecule has 0 radical (unpaired) electrons. The summed E-state index contributed by atoms with van der Waals surface area (Å²) in [4.78, 5) is 16.4. The van der Waals surface area contributed by atoms with Gasteiger partial charge in [0.15, 0.2) is 5.82 Å². The molecule has 1 aliphatic carbocycles. The maximum Gasteiger partial charge on any atom is 0.223 e. The summed E-state index contributed by atoms with van der Waals surface area (Å²) in [5, 5.41) is 20.2. The fraction of sp³-hybridized carbons (Fsp3) is 0.450. The maximum atomic E-state index is 12.0. The topological polar surface area (TPSA) is 90.9 Å². The zero-order chi connectivity index (χ0) is 18.5. The van der Waals surface area contributed by atoms with E-state index < -0.39 is 6.10 Å².